The maximum absolute atomic E-state index is 13.7. The van der Waals surface area contributed by atoms with Crippen LogP contribution in [0.2, 0.25) is 0 Å². The van der Waals surface area contributed by atoms with Gasteiger partial charge in [0.05, 0.1) is 10.2 Å². The minimum Gasteiger partial charge on any atom is -0.302 e. The first-order valence-corrected chi connectivity index (χ1v) is 11.3. The number of carbonyl (C=O) groups excluding carboxylic acids is 1. The Kier molecular flexibility index (Phi) is 7.04. The maximum Gasteiger partial charge on any atom is 0.260 e. The van der Waals surface area contributed by atoms with Crippen LogP contribution in [0.1, 0.15) is 24.2 Å². The number of fused-ring (bicyclic) bond motifs is 1. The van der Waals surface area contributed by atoms with Crippen molar-refractivity contribution >= 4 is 44.4 Å². The van der Waals surface area contributed by atoms with Gasteiger partial charge < -0.3 is 4.90 Å². The van der Waals surface area contributed by atoms with E-state index in [2.05, 4.69) is 29.8 Å². The summed E-state index contributed by atoms with van der Waals surface area (Å²) in [5.41, 5.74) is 1.21. The lowest BCUT2D eigenvalue weighted by Crippen LogP contribution is -2.38. The lowest BCUT2D eigenvalue weighted by atomic mass is 10.2. The first-order valence-electron chi connectivity index (χ1n) is 9.30. The Morgan fingerprint density at radius 1 is 1.14 bits per heavy atom. The van der Waals surface area contributed by atoms with Crippen molar-refractivity contribution in [2.24, 2.45) is 0 Å². The summed E-state index contributed by atoms with van der Waals surface area (Å²) in [6, 6.07) is 12.0. The molecule has 0 N–H and O–H groups in total. The van der Waals surface area contributed by atoms with Crippen molar-refractivity contribution in [2.75, 3.05) is 37.3 Å². The molecule has 2 aromatic carbocycles. The molecule has 0 spiro atoms. The zero-order valence-corrected chi connectivity index (χ0v) is 17.9. The van der Waals surface area contributed by atoms with Gasteiger partial charge in [0.2, 0.25) is 0 Å². The smallest absolute Gasteiger partial charge is 0.260 e. The van der Waals surface area contributed by atoms with E-state index in [1.165, 1.54) is 23.5 Å². The number of likely N-dealkylation sites (N-methyl/N-ethyl adjacent to an activating group) is 1. The van der Waals surface area contributed by atoms with Crippen molar-refractivity contribution in [3.05, 3.63) is 53.8 Å². The number of thioether (sulfide) groups is 1. The Balaban J connectivity index is 1.96. The number of hydrogen-bond donors (Lipinski definition) is 0. The molecular formula is C21H24FN3OS2. The molecule has 0 fully saturated rings. The molecule has 0 saturated carbocycles. The van der Waals surface area contributed by atoms with E-state index in [0.29, 0.717) is 17.2 Å². The first-order chi connectivity index (χ1) is 13.5. The van der Waals surface area contributed by atoms with Crippen molar-refractivity contribution in [3.8, 4) is 0 Å². The molecule has 0 aliphatic heterocycles. The summed E-state index contributed by atoms with van der Waals surface area (Å²) in [4.78, 5) is 23.0. The minimum atomic E-state index is -0.413. The minimum absolute atomic E-state index is 0.226. The molecule has 0 aliphatic rings. The van der Waals surface area contributed by atoms with Gasteiger partial charge in [-0.05, 0) is 55.7 Å². The largest absolute Gasteiger partial charge is 0.302 e. The SMILES string of the molecule is CCN(CC)CCN(C(=O)c1cccc(F)c1)c1nc2ccc(SC)cc2s1. The molecule has 1 heterocycles. The van der Waals surface area contributed by atoms with Gasteiger partial charge in [-0.1, -0.05) is 31.3 Å². The van der Waals surface area contributed by atoms with E-state index in [1.54, 1.807) is 28.8 Å². The molecule has 3 rings (SSSR count). The third kappa shape index (κ3) is 4.71. The zero-order chi connectivity index (χ0) is 20.1. The van der Waals surface area contributed by atoms with Gasteiger partial charge in [-0.2, -0.15) is 0 Å². The molecule has 4 nitrogen and oxygen atoms in total. The monoisotopic (exact) mass is 417 g/mol. The fraction of sp³-hybridized carbons (Fsp3) is 0.333. The van der Waals surface area contributed by atoms with E-state index in [1.807, 2.05) is 18.4 Å². The highest BCUT2D eigenvalue weighted by molar-refractivity contribution is 7.98. The highest BCUT2D eigenvalue weighted by Gasteiger charge is 2.22. The number of halogens is 1. The Morgan fingerprint density at radius 3 is 2.61 bits per heavy atom. The number of amides is 1. The highest BCUT2D eigenvalue weighted by Crippen LogP contribution is 2.32. The molecule has 1 aromatic heterocycles. The van der Waals surface area contributed by atoms with Gasteiger partial charge in [-0.3, -0.25) is 9.69 Å². The number of aromatic nitrogens is 1. The van der Waals surface area contributed by atoms with E-state index in [0.717, 1.165) is 34.7 Å². The molecule has 0 bridgehead atoms. The third-order valence-corrected chi connectivity index (χ3v) is 6.43. The second kappa shape index (κ2) is 9.49. The van der Waals surface area contributed by atoms with Crippen LogP contribution >= 0.6 is 23.1 Å². The van der Waals surface area contributed by atoms with Crippen LogP contribution in [0.5, 0.6) is 0 Å². The average molecular weight is 418 g/mol. The molecule has 0 atom stereocenters. The van der Waals surface area contributed by atoms with Crippen LogP contribution in [0.4, 0.5) is 9.52 Å². The van der Waals surface area contributed by atoms with E-state index in [-0.39, 0.29) is 5.91 Å². The van der Waals surface area contributed by atoms with Gasteiger partial charge in [0.15, 0.2) is 5.13 Å². The van der Waals surface area contributed by atoms with Gasteiger partial charge in [-0.25, -0.2) is 9.37 Å². The molecule has 7 heteroatoms. The maximum atomic E-state index is 13.7. The van der Waals surface area contributed by atoms with Crippen LogP contribution in [-0.4, -0.2) is 48.2 Å². The number of rotatable bonds is 8. The van der Waals surface area contributed by atoms with Crippen molar-refractivity contribution in [1.29, 1.82) is 0 Å². The zero-order valence-electron chi connectivity index (χ0n) is 16.3. The van der Waals surface area contributed by atoms with Crippen LogP contribution in [0.25, 0.3) is 10.2 Å². The van der Waals surface area contributed by atoms with Crippen LogP contribution in [0, 0.1) is 5.82 Å². The van der Waals surface area contributed by atoms with E-state index in [4.69, 9.17) is 0 Å². The Morgan fingerprint density at radius 2 is 1.93 bits per heavy atom. The Hall–Kier alpha value is -1.96. The predicted molar refractivity (Wildman–Crippen MR) is 117 cm³/mol. The van der Waals surface area contributed by atoms with Crippen LogP contribution < -0.4 is 4.90 Å². The van der Waals surface area contributed by atoms with E-state index in [9.17, 15) is 9.18 Å². The van der Waals surface area contributed by atoms with Gasteiger partial charge in [0.1, 0.15) is 5.82 Å². The van der Waals surface area contributed by atoms with Gasteiger partial charge in [-0.15, -0.1) is 11.8 Å². The van der Waals surface area contributed by atoms with E-state index >= 15 is 0 Å². The number of benzene rings is 2. The summed E-state index contributed by atoms with van der Waals surface area (Å²) in [6.07, 6.45) is 2.03. The number of hydrogen-bond acceptors (Lipinski definition) is 5. The third-order valence-electron chi connectivity index (χ3n) is 4.67. The van der Waals surface area contributed by atoms with Crippen molar-refractivity contribution < 1.29 is 9.18 Å². The molecule has 28 heavy (non-hydrogen) atoms. The van der Waals surface area contributed by atoms with Crippen molar-refractivity contribution in [2.45, 2.75) is 18.7 Å². The van der Waals surface area contributed by atoms with Crippen molar-refractivity contribution in [3.63, 3.8) is 0 Å². The van der Waals surface area contributed by atoms with Gasteiger partial charge in [0, 0.05) is 23.5 Å². The number of thiazole rings is 1. The quantitative estimate of drug-likeness (QED) is 0.475. The van der Waals surface area contributed by atoms with Gasteiger partial charge in [0.25, 0.3) is 5.91 Å². The highest BCUT2D eigenvalue weighted by atomic mass is 32.2. The molecule has 0 radical (unpaired) electrons. The second-order valence-corrected chi connectivity index (χ2v) is 8.21. The lowest BCUT2D eigenvalue weighted by molar-refractivity contribution is 0.0983. The molecule has 3 aromatic rings. The number of nitrogens with zero attached hydrogens (tertiary/aromatic N) is 3. The summed E-state index contributed by atoms with van der Waals surface area (Å²) >= 11 is 3.17. The standard InChI is InChI=1S/C21H24FN3OS2/c1-4-24(5-2)11-12-25(20(26)15-7-6-8-16(22)13-15)21-23-18-10-9-17(27-3)14-19(18)28-21/h6-10,13-14H,4-5,11-12H2,1-3H3. The summed E-state index contributed by atoms with van der Waals surface area (Å²) < 4.78 is 14.7. The van der Waals surface area contributed by atoms with Crippen LogP contribution in [0.3, 0.4) is 0 Å². The topological polar surface area (TPSA) is 36.4 Å². The molecule has 0 saturated heterocycles. The summed E-state index contributed by atoms with van der Waals surface area (Å²) in [6.45, 7) is 7.27. The Bertz CT molecular complexity index is 956. The number of carbonyl (C=O) groups is 1. The molecule has 1 amide bonds. The van der Waals surface area contributed by atoms with Gasteiger partial charge >= 0.3 is 0 Å². The fourth-order valence-electron chi connectivity index (χ4n) is 2.98. The normalized spacial score (nSPS) is 11.3. The first kappa shape index (κ1) is 20.8. The summed E-state index contributed by atoms with van der Waals surface area (Å²) in [5.74, 6) is -0.640. The number of anilines is 1. The van der Waals surface area contributed by atoms with Crippen molar-refractivity contribution in [1.82, 2.24) is 9.88 Å². The molecular weight excluding hydrogens is 393 g/mol. The Labute approximate surface area is 173 Å². The summed E-state index contributed by atoms with van der Waals surface area (Å²) in [7, 11) is 0. The van der Waals surface area contributed by atoms with E-state index < -0.39 is 5.82 Å². The second-order valence-electron chi connectivity index (χ2n) is 6.32. The summed E-state index contributed by atoms with van der Waals surface area (Å²) in [5, 5.41) is 0.648. The predicted octanol–water partition coefficient (Wildman–Crippen LogP) is 5.15. The molecule has 0 aliphatic carbocycles. The lowest BCUT2D eigenvalue weighted by Gasteiger charge is -2.24. The molecule has 0 unspecified atom stereocenters. The molecule has 148 valence electrons. The van der Waals surface area contributed by atoms with Crippen LogP contribution in [0.15, 0.2) is 47.4 Å². The fourth-order valence-corrected chi connectivity index (χ4v) is 4.52. The van der Waals surface area contributed by atoms with Crippen LogP contribution in [-0.2, 0) is 0 Å². The average Bonchev–Trinajstić information content (AvgIpc) is 3.13.